The fourth-order valence-corrected chi connectivity index (χ4v) is 6.12. The monoisotopic (exact) mass is 372 g/mol. The van der Waals surface area contributed by atoms with Gasteiger partial charge in [0.1, 0.15) is 16.5 Å². The zero-order chi connectivity index (χ0) is 17.7. The first-order chi connectivity index (χ1) is 11.9. The highest BCUT2D eigenvalue weighted by atomic mass is 32.2. The van der Waals surface area contributed by atoms with Gasteiger partial charge in [-0.1, -0.05) is 0 Å². The molecule has 25 heavy (non-hydrogen) atoms. The van der Waals surface area contributed by atoms with E-state index in [-0.39, 0.29) is 5.41 Å². The molecule has 4 rings (SSSR count). The molecule has 0 N–H and O–H groups in total. The van der Waals surface area contributed by atoms with Crippen LogP contribution in [-0.2, 0) is 14.8 Å². The van der Waals surface area contributed by atoms with E-state index in [1.54, 1.807) is 0 Å². The van der Waals surface area contributed by atoms with Gasteiger partial charge in [0.15, 0.2) is 0 Å². The summed E-state index contributed by atoms with van der Waals surface area (Å²) in [4.78, 5) is 2.00. The summed E-state index contributed by atoms with van der Waals surface area (Å²) >= 11 is 0. The molecule has 1 saturated carbocycles. The summed E-state index contributed by atoms with van der Waals surface area (Å²) in [6.45, 7) is 4.23. The SMILES string of the molecule is O=S(=O)(c1ccc(F)cc1F)N1CC2(CCC(N3CCOCC3)C2)C1. The number of hydrogen-bond acceptors (Lipinski definition) is 4. The maximum atomic E-state index is 13.9. The first-order valence-corrected chi connectivity index (χ1v) is 10.1. The zero-order valence-electron chi connectivity index (χ0n) is 14.0. The summed E-state index contributed by atoms with van der Waals surface area (Å²) in [7, 11) is -3.90. The van der Waals surface area contributed by atoms with Crippen molar-refractivity contribution < 1.29 is 21.9 Å². The van der Waals surface area contributed by atoms with Crippen LogP contribution in [0.4, 0.5) is 8.78 Å². The highest BCUT2D eigenvalue weighted by Crippen LogP contribution is 2.48. The Labute approximate surface area is 146 Å². The predicted molar refractivity (Wildman–Crippen MR) is 87.6 cm³/mol. The number of morpholine rings is 1. The Morgan fingerprint density at radius 1 is 1.16 bits per heavy atom. The lowest BCUT2D eigenvalue weighted by Gasteiger charge is -2.47. The maximum absolute atomic E-state index is 13.9. The fraction of sp³-hybridized carbons (Fsp3) is 0.647. The number of benzene rings is 1. The molecule has 2 saturated heterocycles. The Hall–Kier alpha value is -1.09. The zero-order valence-corrected chi connectivity index (χ0v) is 14.8. The summed E-state index contributed by atoms with van der Waals surface area (Å²) in [5.74, 6) is -1.81. The lowest BCUT2D eigenvalue weighted by atomic mass is 9.80. The quantitative estimate of drug-likeness (QED) is 0.813. The standard InChI is InChI=1S/C17H22F2N2O3S/c18-13-1-2-16(15(19)9-13)25(22,23)21-11-17(12-21)4-3-14(10-17)20-5-7-24-8-6-20/h1-2,9,14H,3-8,10-12H2. The second-order valence-corrected chi connectivity index (χ2v) is 9.30. The van der Waals surface area contributed by atoms with Gasteiger partial charge < -0.3 is 4.74 Å². The van der Waals surface area contributed by atoms with Crippen molar-refractivity contribution in [2.75, 3.05) is 39.4 Å². The molecule has 1 aromatic carbocycles. The van der Waals surface area contributed by atoms with Crippen molar-refractivity contribution in [3.8, 4) is 0 Å². The molecule has 2 aliphatic heterocycles. The van der Waals surface area contributed by atoms with E-state index in [1.807, 2.05) is 0 Å². The van der Waals surface area contributed by atoms with Gasteiger partial charge in [0, 0.05) is 38.3 Å². The number of ether oxygens (including phenoxy) is 1. The molecule has 1 spiro atoms. The number of nitrogens with zero attached hydrogens (tertiary/aromatic N) is 2. The van der Waals surface area contributed by atoms with Gasteiger partial charge in [-0.15, -0.1) is 0 Å². The minimum Gasteiger partial charge on any atom is -0.379 e. The van der Waals surface area contributed by atoms with E-state index >= 15 is 0 Å². The third kappa shape index (κ3) is 3.09. The molecule has 3 fully saturated rings. The molecule has 0 radical (unpaired) electrons. The topological polar surface area (TPSA) is 49.9 Å². The van der Waals surface area contributed by atoms with Crippen molar-refractivity contribution in [2.45, 2.75) is 30.2 Å². The van der Waals surface area contributed by atoms with Gasteiger partial charge in [0.05, 0.1) is 13.2 Å². The predicted octanol–water partition coefficient (Wildman–Crippen LogP) is 1.84. The van der Waals surface area contributed by atoms with E-state index < -0.39 is 26.6 Å². The van der Waals surface area contributed by atoms with Gasteiger partial charge in [0.2, 0.25) is 10.0 Å². The van der Waals surface area contributed by atoms with Crippen molar-refractivity contribution in [3.63, 3.8) is 0 Å². The lowest BCUT2D eigenvalue weighted by molar-refractivity contribution is 0.00813. The molecular formula is C17H22F2N2O3S. The van der Waals surface area contributed by atoms with Gasteiger partial charge in [-0.3, -0.25) is 4.90 Å². The number of halogens is 2. The Bertz CT molecular complexity index is 759. The van der Waals surface area contributed by atoms with Crippen LogP contribution in [0.25, 0.3) is 0 Å². The van der Waals surface area contributed by atoms with E-state index in [4.69, 9.17) is 4.74 Å². The third-order valence-corrected chi connectivity index (χ3v) is 7.60. The van der Waals surface area contributed by atoms with E-state index in [9.17, 15) is 17.2 Å². The van der Waals surface area contributed by atoms with E-state index in [0.717, 1.165) is 57.7 Å². The third-order valence-electron chi connectivity index (χ3n) is 5.77. The molecule has 1 aliphatic carbocycles. The van der Waals surface area contributed by atoms with Crippen molar-refractivity contribution >= 4 is 10.0 Å². The van der Waals surface area contributed by atoms with Crippen LogP contribution in [-0.4, -0.2) is 63.1 Å². The van der Waals surface area contributed by atoms with Crippen LogP contribution in [0.15, 0.2) is 23.1 Å². The van der Waals surface area contributed by atoms with Gasteiger partial charge >= 0.3 is 0 Å². The first-order valence-electron chi connectivity index (χ1n) is 8.67. The van der Waals surface area contributed by atoms with E-state index in [0.29, 0.717) is 25.2 Å². The van der Waals surface area contributed by atoms with Crippen LogP contribution < -0.4 is 0 Å². The fourth-order valence-electron chi connectivity index (χ4n) is 4.41. The molecule has 2 heterocycles. The Morgan fingerprint density at radius 2 is 1.88 bits per heavy atom. The van der Waals surface area contributed by atoms with Crippen LogP contribution in [0, 0.1) is 17.0 Å². The Morgan fingerprint density at radius 3 is 2.56 bits per heavy atom. The van der Waals surface area contributed by atoms with Crippen molar-refractivity contribution in [1.29, 1.82) is 0 Å². The molecule has 8 heteroatoms. The van der Waals surface area contributed by atoms with Crippen molar-refractivity contribution in [1.82, 2.24) is 9.21 Å². The van der Waals surface area contributed by atoms with Crippen molar-refractivity contribution in [3.05, 3.63) is 29.8 Å². The van der Waals surface area contributed by atoms with E-state index in [1.165, 1.54) is 4.31 Å². The van der Waals surface area contributed by atoms with Crippen LogP contribution >= 0.6 is 0 Å². The number of hydrogen-bond donors (Lipinski definition) is 0. The van der Waals surface area contributed by atoms with Crippen LogP contribution in [0.1, 0.15) is 19.3 Å². The first kappa shape index (κ1) is 17.3. The molecule has 5 nitrogen and oxygen atoms in total. The second kappa shape index (κ2) is 6.26. The largest absolute Gasteiger partial charge is 0.379 e. The molecule has 3 aliphatic rings. The van der Waals surface area contributed by atoms with Crippen LogP contribution in [0.5, 0.6) is 0 Å². The highest BCUT2D eigenvalue weighted by Gasteiger charge is 2.53. The molecule has 0 amide bonds. The van der Waals surface area contributed by atoms with Crippen LogP contribution in [0.3, 0.4) is 0 Å². The Balaban J connectivity index is 1.43. The molecule has 1 aromatic rings. The average molecular weight is 372 g/mol. The molecule has 0 aromatic heterocycles. The summed E-state index contributed by atoms with van der Waals surface area (Å²) in [5, 5.41) is 0. The highest BCUT2D eigenvalue weighted by molar-refractivity contribution is 7.89. The van der Waals surface area contributed by atoms with Gasteiger partial charge in [-0.05, 0) is 36.8 Å². The van der Waals surface area contributed by atoms with Gasteiger partial charge in [0.25, 0.3) is 0 Å². The summed E-state index contributed by atoms with van der Waals surface area (Å²) < 4.78 is 58.8. The Kier molecular flexibility index (Phi) is 4.34. The molecular weight excluding hydrogens is 350 g/mol. The molecule has 1 unspecified atom stereocenters. The minimum atomic E-state index is -3.90. The second-order valence-electron chi connectivity index (χ2n) is 7.39. The number of sulfonamides is 1. The smallest absolute Gasteiger partial charge is 0.246 e. The minimum absolute atomic E-state index is 0.00650. The summed E-state index contributed by atoms with van der Waals surface area (Å²) in [6, 6.07) is 3.09. The lowest BCUT2D eigenvalue weighted by Crippen LogP contribution is -2.57. The van der Waals surface area contributed by atoms with Gasteiger partial charge in [-0.2, -0.15) is 4.31 Å². The average Bonchev–Trinajstić information content (AvgIpc) is 3.00. The maximum Gasteiger partial charge on any atom is 0.246 e. The summed E-state index contributed by atoms with van der Waals surface area (Å²) in [6.07, 6.45) is 3.04. The molecule has 1 atom stereocenters. The molecule has 138 valence electrons. The van der Waals surface area contributed by atoms with Crippen LogP contribution in [0.2, 0.25) is 0 Å². The number of rotatable bonds is 3. The molecule has 0 bridgehead atoms. The van der Waals surface area contributed by atoms with Crippen molar-refractivity contribution in [2.24, 2.45) is 5.41 Å². The van der Waals surface area contributed by atoms with Gasteiger partial charge in [-0.25, -0.2) is 17.2 Å². The van der Waals surface area contributed by atoms with E-state index in [2.05, 4.69) is 4.90 Å². The normalized spacial score (nSPS) is 27.5. The summed E-state index contributed by atoms with van der Waals surface area (Å²) in [5.41, 5.74) is 0.00650.